The Morgan fingerprint density at radius 3 is 2.34 bits per heavy atom. The number of hydrogen-bond acceptors (Lipinski definition) is 8. The third kappa shape index (κ3) is 6.18. The molecule has 35 heavy (non-hydrogen) atoms. The van der Waals surface area contributed by atoms with E-state index in [4.69, 9.17) is 31.3 Å². The van der Waals surface area contributed by atoms with Gasteiger partial charge in [0.1, 0.15) is 11.6 Å². The summed E-state index contributed by atoms with van der Waals surface area (Å²) in [4.78, 5) is 26.3. The maximum atomic E-state index is 6.22. The van der Waals surface area contributed by atoms with Gasteiger partial charge >= 0.3 is 0 Å². The van der Waals surface area contributed by atoms with Crippen molar-refractivity contribution in [2.45, 2.75) is 25.2 Å². The van der Waals surface area contributed by atoms with E-state index < -0.39 is 0 Å². The zero-order chi connectivity index (χ0) is 23.9. The van der Waals surface area contributed by atoms with Crippen molar-refractivity contribution >= 4 is 29.3 Å². The second-order valence-corrected chi connectivity index (χ2v) is 9.37. The Morgan fingerprint density at radius 2 is 1.54 bits per heavy atom. The van der Waals surface area contributed by atoms with Gasteiger partial charge in [-0.2, -0.15) is 15.0 Å². The number of nitrogens with zero attached hydrogens (tertiary/aromatic N) is 7. The third-order valence-electron chi connectivity index (χ3n) is 6.47. The number of anilines is 3. The van der Waals surface area contributed by atoms with Crippen molar-refractivity contribution in [3.63, 3.8) is 0 Å². The highest BCUT2D eigenvalue weighted by Crippen LogP contribution is 2.25. The van der Waals surface area contributed by atoms with Crippen molar-refractivity contribution in [1.29, 1.82) is 0 Å². The van der Waals surface area contributed by atoms with Crippen molar-refractivity contribution < 1.29 is 4.74 Å². The van der Waals surface area contributed by atoms with Crippen molar-refractivity contribution in [1.82, 2.24) is 19.9 Å². The Balaban J connectivity index is 1.41. The highest BCUT2D eigenvalue weighted by molar-refractivity contribution is 6.31. The van der Waals surface area contributed by atoms with Gasteiger partial charge < -0.3 is 19.4 Å². The van der Waals surface area contributed by atoms with E-state index in [-0.39, 0.29) is 5.92 Å². The molecule has 0 N–H and O–H groups in total. The van der Waals surface area contributed by atoms with Crippen molar-refractivity contribution in [3.05, 3.63) is 65.6 Å². The van der Waals surface area contributed by atoms with Crippen LogP contribution in [0.2, 0.25) is 0 Å². The number of allylic oxidation sites excluding steroid dienone is 6. The first-order valence-corrected chi connectivity index (χ1v) is 12.9. The minimum absolute atomic E-state index is 0.0568. The maximum absolute atomic E-state index is 6.22. The third-order valence-corrected chi connectivity index (χ3v) is 6.72. The fraction of sp³-hybridized carbons (Fsp3) is 0.462. The summed E-state index contributed by atoms with van der Waals surface area (Å²) in [5.74, 6) is 3.21. The van der Waals surface area contributed by atoms with E-state index in [1.807, 2.05) is 36.6 Å². The average Bonchev–Trinajstić information content (AvgIpc) is 3.03. The van der Waals surface area contributed by atoms with Gasteiger partial charge in [0.25, 0.3) is 0 Å². The lowest BCUT2D eigenvalue weighted by Gasteiger charge is -2.36. The van der Waals surface area contributed by atoms with E-state index in [0.717, 1.165) is 95.3 Å². The molecule has 0 amide bonds. The fourth-order valence-electron chi connectivity index (χ4n) is 4.51. The molecule has 3 aliphatic rings. The molecule has 1 atom stereocenters. The number of ether oxygens (including phenoxy) is 1. The fourth-order valence-corrected chi connectivity index (χ4v) is 4.66. The molecule has 2 saturated heterocycles. The Labute approximate surface area is 212 Å². The maximum Gasteiger partial charge on any atom is 0.230 e. The average molecular weight is 494 g/mol. The van der Waals surface area contributed by atoms with Gasteiger partial charge in [-0.15, -0.1) is 0 Å². The molecule has 1 unspecified atom stereocenters. The number of hydrogen-bond donors (Lipinski definition) is 0. The molecular formula is C26H32ClN7O. The Bertz CT molecular complexity index is 1060. The summed E-state index contributed by atoms with van der Waals surface area (Å²) in [7, 11) is 0. The van der Waals surface area contributed by atoms with Gasteiger partial charge in [-0.1, -0.05) is 35.9 Å². The second kappa shape index (κ2) is 11.6. The van der Waals surface area contributed by atoms with E-state index in [1.165, 1.54) is 0 Å². The van der Waals surface area contributed by atoms with Crippen molar-refractivity contribution in [2.24, 2.45) is 0 Å². The summed E-state index contributed by atoms with van der Waals surface area (Å²) in [6, 6.07) is 6.04. The normalized spacial score (nSPS) is 21.7. The quantitative estimate of drug-likeness (QED) is 0.634. The highest BCUT2D eigenvalue weighted by Gasteiger charge is 2.24. The van der Waals surface area contributed by atoms with Gasteiger partial charge in [0.2, 0.25) is 11.9 Å². The van der Waals surface area contributed by atoms with Crippen molar-refractivity contribution in [2.75, 3.05) is 67.2 Å². The topological polar surface area (TPSA) is 70.5 Å². The highest BCUT2D eigenvalue weighted by atomic mass is 35.5. The molecule has 2 fully saturated rings. The van der Waals surface area contributed by atoms with Crippen LogP contribution in [0.5, 0.6) is 0 Å². The molecule has 0 spiro atoms. The molecule has 0 aromatic carbocycles. The van der Waals surface area contributed by atoms with E-state index in [0.29, 0.717) is 5.03 Å². The SMILES string of the molecule is ClC1=CC=CC(c2nc(N3CCCCOCCC3)nc(N3CCN(c4ccccn4)CC3)n2)C=C1. The number of pyridine rings is 1. The van der Waals surface area contributed by atoms with Gasteiger partial charge in [-0.25, -0.2) is 4.98 Å². The van der Waals surface area contributed by atoms with Gasteiger partial charge in [0, 0.05) is 63.7 Å². The Morgan fingerprint density at radius 1 is 0.800 bits per heavy atom. The summed E-state index contributed by atoms with van der Waals surface area (Å²) < 4.78 is 5.71. The summed E-state index contributed by atoms with van der Waals surface area (Å²) in [5, 5.41) is 0.698. The largest absolute Gasteiger partial charge is 0.381 e. The lowest BCUT2D eigenvalue weighted by molar-refractivity contribution is 0.133. The molecule has 8 nitrogen and oxygen atoms in total. The zero-order valence-corrected chi connectivity index (χ0v) is 20.7. The molecule has 9 heteroatoms. The standard InChI is InChI=1S/C26H32ClN7O/c27-22-8-5-7-21(10-11-22)24-29-25(33-13-3-4-19-35-20-6-14-33)31-26(30-24)34-17-15-32(16-18-34)23-9-1-2-12-28-23/h1-2,5,7-12,21H,3-4,6,13-20H2. The Kier molecular flexibility index (Phi) is 7.90. The van der Waals surface area contributed by atoms with E-state index in [9.17, 15) is 0 Å². The van der Waals surface area contributed by atoms with Crippen molar-refractivity contribution in [3.8, 4) is 0 Å². The second-order valence-electron chi connectivity index (χ2n) is 8.94. The lowest BCUT2D eigenvalue weighted by atomic mass is 10.1. The first kappa shape index (κ1) is 23.8. The van der Waals surface area contributed by atoms with Crippen LogP contribution in [0.25, 0.3) is 0 Å². The van der Waals surface area contributed by atoms with Crippen LogP contribution >= 0.6 is 11.6 Å². The summed E-state index contributed by atoms with van der Waals surface area (Å²) in [6.45, 7) is 6.80. The van der Waals surface area contributed by atoms with Gasteiger partial charge in [-0.05, 0) is 43.5 Å². The van der Waals surface area contributed by atoms with Gasteiger partial charge in [0.15, 0.2) is 0 Å². The van der Waals surface area contributed by atoms with E-state index >= 15 is 0 Å². The summed E-state index contributed by atoms with van der Waals surface area (Å²) >= 11 is 6.22. The van der Waals surface area contributed by atoms with Gasteiger partial charge in [-0.3, -0.25) is 0 Å². The molecule has 0 radical (unpaired) electrons. The monoisotopic (exact) mass is 493 g/mol. The van der Waals surface area contributed by atoms with Crippen LogP contribution in [-0.4, -0.2) is 72.4 Å². The smallest absolute Gasteiger partial charge is 0.230 e. The number of halogens is 1. The summed E-state index contributed by atoms with van der Waals surface area (Å²) in [6.07, 6.45) is 14.8. The number of piperazine rings is 1. The molecule has 0 saturated carbocycles. The molecule has 184 valence electrons. The van der Waals surface area contributed by atoms with Gasteiger partial charge in [0.05, 0.1) is 5.92 Å². The molecule has 2 aliphatic heterocycles. The van der Waals surface area contributed by atoms with Crippen LogP contribution in [-0.2, 0) is 4.74 Å². The predicted molar refractivity (Wildman–Crippen MR) is 140 cm³/mol. The number of aromatic nitrogens is 4. The molecular weight excluding hydrogens is 462 g/mol. The summed E-state index contributed by atoms with van der Waals surface area (Å²) in [5.41, 5.74) is 0. The molecule has 1 aliphatic carbocycles. The van der Waals surface area contributed by atoms with Crippen LogP contribution in [0.15, 0.2) is 59.8 Å². The molecule has 4 heterocycles. The van der Waals surface area contributed by atoms with Crippen LogP contribution in [0.1, 0.15) is 31.0 Å². The van der Waals surface area contributed by atoms with E-state index in [2.05, 4.69) is 37.9 Å². The predicted octanol–water partition coefficient (Wildman–Crippen LogP) is 3.93. The van der Waals surface area contributed by atoms with Crippen LogP contribution < -0.4 is 14.7 Å². The molecule has 2 aromatic heterocycles. The molecule has 2 aromatic rings. The van der Waals surface area contributed by atoms with Crippen LogP contribution in [0.3, 0.4) is 0 Å². The first-order chi connectivity index (χ1) is 17.3. The zero-order valence-electron chi connectivity index (χ0n) is 20.0. The molecule has 5 rings (SSSR count). The minimum Gasteiger partial charge on any atom is -0.381 e. The van der Waals surface area contributed by atoms with Crippen LogP contribution in [0.4, 0.5) is 17.7 Å². The minimum atomic E-state index is -0.0568. The lowest BCUT2D eigenvalue weighted by Crippen LogP contribution is -2.47. The van der Waals surface area contributed by atoms with E-state index in [1.54, 1.807) is 0 Å². The van der Waals surface area contributed by atoms with Crippen LogP contribution in [0, 0.1) is 0 Å². The molecule has 0 bridgehead atoms. The Hall–Kier alpha value is -2.97. The number of rotatable bonds is 4. The first-order valence-electron chi connectivity index (χ1n) is 12.5.